The maximum Gasteiger partial charge on any atom is 0.277 e. The maximum atomic E-state index is 13.9. The van der Waals surface area contributed by atoms with E-state index in [4.69, 9.17) is 4.42 Å². The van der Waals surface area contributed by atoms with Crippen molar-refractivity contribution in [3.8, 4) is 11.5 Å². The van der Waals surface area contributed by atoms with Crippen molar-refractivity contribution < 1.29 is 14.0 Å². The third-order valence-corrected chi connectivity index (χ3v) is 6.58. The standard InChI is InChI=1S/C28H28N4O3/c1-18-7-10-21(11-8-18)16-29-27(34)28(4)17-31-24(15-22(30-31)25-6-5-13-35-25)26(33)32(28)23-12-9-19(2)14-20(23)3/h5-15H,16-17H2,1-4H3,(H,29,34)/t28-/m0/s1. The van der Waals surface area contributed by atoms with Crippen molar-refractivity contribution in [2.75, 3.05) is 4.90 Å². The van der Waals surface area contributed by atoms with Gasteiger partial charge in [0.25, 0.3) is 5.91 Å². The summed E-state index contributed by atoms with van der Waals surface area (Å²) < 4.78 is 7.11. The summed E-state index contributed by atoms with van der Waals surface area (Å²) in [5.74, 6) is 0.0527. The molecule has 2 aromatic heterocycles. The number of nitrogens with one attached hydrogen (secondary N) is 1. The van der Waals surface area contributed by atoms with Gasteiger partial charge < -0.3 is 9.73 Å². The van der Waals surface area contributed by atoms with Gasteiger partial charge in [-0.3, -0.25) is 19.2 Å². The average molecular weight is 469 g/mol. The molecule has 35 heavy (non-hydrogen) atoms. The van der Waals surface area contributed by atoms with Gasteiger partial charge >= 0.3 is 0 Å². The van der Waals surface area contributed by atoms with Crippen LogP contribution in [0.15, 0.2) is 71.3 Å². The highest BCUT2D eigenvalue weighted by Gasteiger charge is 2.49. The first-order chi connectivity index (χ1) is 16.8. The van der Waals surface area contributed by atoms with Crippen molar-refractivity contribution in [3.63, 3.8) is 0 Å². The van der Waals surface area contributed by atoms with Crippen LogP contribution in [0.2, 0.25) is 0 Å². The molecule has 7 heteroatoms. The minimum Gasteiger partial charge on any atom is -0.463 e. The lowest BCUT2D eigenvalue weighted by Gasteiger charge is -2.43. The molecule has 0 saturated carbocycles. The predicted molar refractivity (Wildman–Crippen MR) is 134 cm³/mol. The topological polar surface area (TPSA) is 80.4 Å². The van der Waals surface area contributed by atoms with Gasteiger partial charge in [-0.25, -0.2) is 0 Å². The average Bonchev–Trinajstić information content (AvgIpc) is 3.50. The first-order valence-electron chi connectivity index (χ1n) is 11.6. The van der Waals surface area contributed by atoms with Crippen LogP contribution in [0, 0.1) is 20.8 Å². The van der Waals surface area contributed by atoms with Gasteiger partial charge in [0.15, 0.2) is 5.76 Å². The summed E-state index contributed by atoms with van der Waals surface area (Å²) >= 11 is 0. The van der Waals surface area contributed by atoms with Gasteiger partial charge in [-0.1, -0.05) is 47.5 Å². The summed E-state index contributed by atoms with van der Waals surface area (Å²) in [4.78, 5) is 29.3. The fourth-order valence-corrected chi connectivity index (χ4v) is 4.64. The Balaban J connectivity index is 1.55. The molecule has 0 spiro atoms. The third kappa shape index (κ3) is 4.03. The monoisotopic (exact) mass is 468 g/mol. The molecule has 3 heterocycles. The van der Waals surface area contributed by atoms with E-state index in [0.29, 0.717) is 29.4 Å². The van der Waals surface area contributed by atoms with E-state index in [0.717, 1.165) is 22.3 Å². The first-order valence-corrected chi connectivity index (χ1v) is 11.6. The number of aryl methyl sites for hydroxylation is 3. The smallest absolute Gasteiger partial charge is 0.277 e. The highest BCUT2D eigenvalue weighted by atomic mass is 16.3. The molecule has 1 atom stereocenters. The molecule has 1 aliphatic heterocycles. The molecule has 0 radical (unpaired) electrons. The molecule has 0 bridgehead atoms. The lowest BCUT2D eigenvalue weighted by Crippen LogP contribution is -2.64. The van der Waals surface area contributed by atoms with E-state index in [2.05, 4.69) is 10.4 Å². The molecule has 4 aromatic rings. The number of hydrogen-bond donors (Lipinski definition) is 1. The molecule has 5 rings (SSSR count). The Bertz CT molecular complexity index is 1400. The highest BCUT2D eigenvalue weighted by molar-refractivity contribution is 6.12. The van der Waals surface area contributed by atoms with Crippen molar-refractivity contribution in [1.29, 1.82) is 0 Å². The van der Waals surface area contributed by atoms with E-state index < -0.39 is 5.54 Å². The Kier molecular flexibility index (Phi) is 5.55. The number of furan rings is 1. The quantitative estimate of drug-likeness (QED) is 0.456. The van der Waals surface area contributed by atoms with Gasteiger partial charge in [-0.2, -0.15) is 5.10 Å². The minimum absolute atomic E-state index is 0.210. The predicted octanol–water partition coefficient (Wildman–Crippen LogP) is 4.80. The van der Waals surface area contributed by atoms with E-state index in [-0.39, 0.29) is 18.4 Å². The Morgan fingerprint density at radius 1 is 1.06 bits per heavy atom. The lowest BCUT2D eigenvalue weighted by molar-refractivity contribution is -0.126. The molecule has 1 N–H and O–H groups in total. The second-order valence-corrected chi connectivity index (χ2v) is 9.42. The summed E-state index contributed by atoms with van der Waals surface area (Å²) in [5.41, 5.74) is 4.66. The van der Waals surface area contributed by atoms with E-state index in [9.17, 15) is 9.59 Å². The van der Waals surface area contributed by atoms with E-state index in [1.165, 1.54) is 0 Å². The Hall–Kier alpha value is -4.13. The number of carbonyl (C=O) groups excluding carboxylic acids is 2. The molecular weight excluding hydrogens is 440 g/mol. The number of hydrogen-bond acceptors (Lipinski definition) is 4. The van der Waals surface area contributed by atoms with Gasteiger partial charge in [0, 0.05) is 18.3 Å². The molecule has 0 unspecified atom stereocenters. The Labute approximate surface area is 204 Å². The fraction of sp³-hybridized carbons (Fsp3) is 0.250. The number of fused-ring (bicyclic) bond motifs is 1. The van der Waals surface area contributed by atoms with Crippen LogP contribution in [0.1, 0.15) is 39.7 Å². The van der Waals surface area contributed by atoms with Crippen molar-refractivity contribution >= 4 is 17.5 Å². The van der Waals surface area contributed by atoms with Crippen LogP contribution in [0.3, 0.4) is 0 Å². The van der Waals surface area contributed by atoms with Gasteiger partial charge in [-0.05, 0) is 57.0 Å². The SMILES string of the molecule is Cc1ccc(CNC(=O)[C@]2(C)Cn3nc(-c4ccco4)cc3C(=O)N2c2ccc(C)cc2C)cc1. The van der Waals surface area contributed by atoms with Crippen LogP contribution in [-0.2, 0) is 17.9 Å². The van der Waals surface area contributed by atoms with Crippen molar-refractivity contribution in [2.24, 2.45) is 0 Å². The Morgan fingerprint density at radius 2 is 1.80 bits per heavy atom. The molecule has 2 aromatic carbocycles. The van der Waals surface area contributed by atoms with E-state index in [1.807, 2.05) is 63.2 Å². The number of benzene rings is 2. The van der Waals surface area contributed by atoms with Gasteiger partial charge in [0.2, 0.25) is 5.91 Å². The zero-order valence-electron chi connectivity index (χ0n) is 20.3. The molecule has 1 aliphatic rings. The highest BCUT2D eigenvalue weighted by Crippen LogP contribution is 2.36. The summed E-state index contributed by atoms with van der Waals surface area (Å²) in [5, 5.41) is 7.66. The number of rotatable bonds is 5. The third-order valence-electron chi connectivity index (χ3n) is 6.58. The van der Waals surface area contributed by atoms with Crippen molar-refractivity contribution in [3.05, 3.63) is 94.9 Å². The number of anilines is 1. The van der Waals surface area contributed by atoms with Crippen LogP contribution < -0.4 is 10.2 Å². The summed E-state index contributed by atoms with van der Waals surface area (Å²) in [6.45, 7) is 8.37. The summed E-state index contributed by atoms with van der Waals surface area (Å²) in [6, 6.07) is 19.2. The van der Waals surface area contributed by atoms with Crippen LogP contribution >= 0.6 is 0 Å². The van der Waals surface area contributed by atoms with Crippen LogP contribution in [0.4, 0.5) is 5.69 Å². The van der Waals surface area contributed by atoms with Gasteiger partial charge in [0.1, 0.15) is 16.9 Å². The maximum absolute atomic E-state index is 13.9. The zero-order chi connectivity index (χ0) is 24.7. The molecule has 0 fully saturated rings. The van der Waals surface area contributed by atoms with E-state index >= 15 is 0 Å². The number of carbonyl (C=O) groups is 2. The molecule has 0 aliphatic carbocycles. The molecule has 7 nitrogen and oxygen atoms in total. The first kappa shape index (κ1) is 22.7. The molecule has 0 saturated heterocycles. The van der Waals surface area contributed by atoms with Gasteiger partial charge in [-0.15, -0.1) is 0 Å². The fourth-order valence-electron chi connectivity index (χ4n) is 4.64. The van der Waals surface area contributed by atoms with E-state index in [1.54, 1.807) is 41.0 Å². The van der Waals surface area contributed by atoms with Crippen LogP contribution in [0.25, 0.3) is 11.5 Å². The second-order valence-electron chi connectivity index (χ2n) is 9.42. The molecular formula is C28H28N4O3. The summed E-state index contributed by atoms with van der Waals surface area (Å²) in [7, 11) is 0. The zero-order valence-corrected chi connectivity index (χ0v) is 20.3. The number of amides is 2. The van der Waals surface area contributed by atoms with Crippen LogP contribution in [0.5, 0.6) is 0 Å². The number of aromatic nitrogens is 2. The lowest BCUT2D eigenvalue weighted by atomic mass is 9.92. The largest absolute Gasteiger partial charge is 0.463 e. The van der Waals surface area contributed by atoms with Crippen LogP contribution in [-0.4, -0.2) is 27.1 Å². The second kappa shape index (κ2) is 8.58. The van der Waals surface area contributed by atoms with Gasteiger partial charge in [0.05, 0.1) is 12.8 Å². The summed E-state index contributed by atoms with van der Waals surface area (Å²) in [6.07, 6.45) is 1.57. The normalized spacial score (nSPS) is 17.4. The number of nitrogens with zero attached hydrogens (tertiary/aromatic N) is 3. The molecule has 2 amide bonds. The molecule has 178 valence electrons. The van der Waals surface area contributed by atoms with Crippen molar-refractivity contribution in [1.82, 2.24) is 15.1 Å². The van der Waals surface area contributed by atoms with Crippen molar-refractivity contribution in [2.45, 2.75) is 46.3 Å². The minimum atomic E-state index is -1.19. The Morgan fingerprint density at radius 3 is 2.49 bits per heavy atom.